The van der Waals surface area contributed by atoms with Crippen LogP contribution >= 0.6 is 23.4 Å². The Balaban J connectivity index is 2.06. The highest BCUT2D eigenvalue weighted by Crippen LogP contribution is 2.21. The van der Waals surface area contributed by atoms with Gasteiger partial charge in [-0.25, -0.2) is 0 Å². The SMILES string of the molecule is CN(C)C(=O)CSc1nc(Cl)nc(N2CCCC2)n1. The Labute approximate surface area is 121 Å². The summed E-state index contributed by atoms with van der Waals surface area (Å²) in [6, 6.07) is 0. The quantitative estimate of drug-likeness (QED) is 0.781. The fraction of sp³-hybridized carbons (Fsp3) is 0.636. The minimum Gasteiger partial charge on any atom is -0.348 e. The Kier molecular flexibility index (Phi) is 4.81. The highest BCUT2D eigenvalue weighted by atomic mass is 35.5. The average molecular weight is 302 g/mol. The molecule has 1 amide bonds. The van der Waals surface area contributed by atoms with Crippen molar-refractivity contribution in [2.45, 2.75) is 18.0 Å². The van der Waals surface area contributed by atoms with Crippen LogP contribution in [-0.4, -0.2) is 58.7 Å². The maximum atomic E-state index is 11.5. The van der Waals surface area contributed by atoms with Gasteiger partial charge in [0, 0.05) is 27.2 Å². The molecule has 0 unspecified atom stereocenters. The van der Waals surface area contributed by atoms with Crippen LogP contribution in [-0.2, 0) is 4.79 Å². The summed E-state index contributed by atoms with van der Waals surface area (Å²) in [5.41, 5.74) is 0. The Morgan fingerprint density at radius 2 is 2.00 bits per heavy atom. The molecule has 1 aromatic rings. The van der Waals surface area contributed by atoms with Gasteiger partial charge in [-0.05, 0) is 24.4 Å². The molecule has 1 aliphatic rings. The highest BCUT2D eigenvalue weighted by molar-refractivity contribution is 7.99. The molecule has 0 aromatic carbocycles. The van der Waals surface area contributed by atoms with E-state index in [1.165, 1.54) is 16.7 Å². The van der Waals surface area contributed by atoms with Crippen molar-refractivity contribution in [3.05, 3.63) is 5.28 Å². The standard InChI is InChI=1S/C11H16ClN5OS/c1-16(2)8(18)7-19-11-14-9(12)13-10(15-11)17-5-3-4-6-17/h3-7H2,1-2H3. The van der Waals surface area contributed by atoms with Gasteiger partial charge in [0.05, 0.1) is 5.75 Å². The van der Waals surface area contributed by atoms with E-state index in [4.69, 9.17) is 11.6 Å². The molecule has 19 heavy (non-hydrogen) atoms. The lowest BCUT2D eigenvalue weighted by Crippen LogP contribution is -2.24. The van der Waals surface area contributed by atoms with Crippen molar-refractivity contribution in [1.82, 2.24) is 19.9 Å². The zero-order valence-electron chi connectivity index (χ0n) is 11.0. The fourth-order valence-corrected chi connectivity index (χ4v) is 2.71. The molecule has 1 saturated heterocycles. The number of halogens is 1. The molecule has 1 aliphatic heterocycles. The lowest BCUT2D eigenvalue weighted by atomic mass is 10.4. The van der Waals surface area contributed by atoms with Crippen molar-refractivity contribution in [1.29, 1.82) is 0 Å². The van der Waals surface area contributed by atoms with E-state index in [0.717, 1.165) is 25.9 Å². The number of nitrogens with zero attached hydrogens (tertiary/aromatic N) is 5. The van der Waals surface area contributed by atoms with E-state index in [9.17, 15) is 4.79 Å². The first-order valence-corrected chi connectivity index (χ1v) is 7.42. The molecule has 0 atom stereocenters. The molecule has 104 valence electrons. The number of thioether (sulfide) groups is 1. The van der Waals surface area contributed by atoms with Crippen molar-refractivity contribution in [3.8, 4) is 0 Å². The van der Waals surface area contributed by atoms with Crippen LogP contribution in [0.2, 0.25) is 5.28 Å². The summed E-state index contributed by atoms with van der Waals surface area (Å²) >= 11 is 7.19. The average Bonchev–Trinajstić information content (AvgIpc) is 2.89. The number of aromatic nitrogens is 3. The normalized spacial score (nSPS) is 14.8. The monoisotopic (exact) mass is 301 g/mol. The van der Waals surface area contributed by atoms with Crippen molar-refractivity contribution in [3.63, 3.8) is 0 Å². The van der Waals surface area contributed by atoms with E-state index in [2.05, 4.69) is 19.9 Å². The van der Waals surface area contributed by atoms with Gasteiger partial charge in [0.2, 0.25) is 17.1 Å². The van der Waals surface area contributed by atoms with Gasteiger partial charge in [0.25, 0.3) is 0 Å². The topological polar surface area (TPSA) is 62.2 Å². The predicted octanol–water partition coefficient (Wildman–Crippen LogP) is 1.31. The summed E-state index contributed by atoms with van der Waals surface area (Å²) in [6.07, 6.45) is 2.29. The zero-order chi connectivity index (χ0) is 13.8. The molecule has 0 radical (unpaired) electrons. The van der Waals surface area contributed by atoms with Crippen LogP contribution < -0.4 is 4.90 Å². The third kappa shape index (κ3) is 3.94. The Hall–Kier alpha value is -1.08. The molecule has 0 aliphatic carbocycles. The van der Waals surface area contributed by atoms with Crippen LogP contribution in [0.4, 0.5) is 5.95 Å². The molecule has 1 aromatic heterocycles. The molecule has 0 bridgehead atoms. The highest BCUT2D eigenvalue weighted by Gasteiger charge is 2.17. The van der Waals surface area contributed by atoms with Gasteiger partial charge in [-0.3, -0.25) is 4.79 Å². The third-order valence-corrected chi connectivity index (χ3v) is 3.79. The summed E-state index contributed by atoms with van der Waals surface area (Å²) < 4.78 is 0. The fourth-order valence-electron chi connectivity index (χ4n) is 1.70. The summed E-state index contributed by atoms with van der Waals surface area (Å²) in [7, 11) is 3.44. The largest absolute Gasteiger partial charge is 0.348 e. The number of hydrogen-bond donors (Lipinski definition) is 0. The molecule has 0 spiro atoms. The summed E-state index contributed by atoms with van der Waals surface area (Å²) in [5, 5.41) is 0.675. The lowest BCUT2D eigenvalue weighted by Gasteiger charge is -2.15. The maximum Gasteiger partial charge on any atom is 0.232 e. The van der Waals surface area contributed by atoms with Gasteiger partial charge < -0.3 is 9.80 Å². The molecular weight excluding hydrogens is 286 g/mol. The van der Waals surface area contributed by atoms with E-state index in [1.54, 1.807) is 14.1 Å². The molecule has 2 rings (SSSR count). The van der Waals surface area contributed by atoms with Gasteiger partial charge in [0.1, 0.15) is 0 Å². The van der Waals surface area contributed by atoms with Crippen molar-refractivity contribution in [2.75, 3.05) is 37.8 Å². The number of carbonyl (C=O) groups excluding carboxylic acids is 1. The Bertz CT molecular complexity index is 464. The number of rotatable bonds is 4. The second kappa shape index (κ2) is 6.38. The number of carbonyl (C=O) groups is 1. The Morgan fingerprint density at radius 3 is 2.63 bits per heavy atom. The van der Waals surface area contributed by atoms with Crippen LogP contribution in [0, 0.1) is 0 Å². The second-order valence-electron chi connectivity index (χ2n) is 4.46. The smallest absolute Gasteiger partial charge is 0.232 e. The van der Waals surface area contributed by atoms with Crippen LogP contribution in [0.1, 0.15) is 12.8 Å². The molecular formula is C11H16ClN5OS. The summed E-state index contributed by atoms with van der Waals surface area (Å²) in [4.78, 5) is 27.7. The first-order chi connectivity index (χ1) is 9.06. The maximum absolute atomic E-state index is 11.5. The minimum absolute atomic E-state index is 0.0178. The van der Waals surface area contributed by atoms with E-state index in [0.29, 0.717) is 16.9 Å². The van der Waals surface area contributed by atoms with Gasteiger partial charge in [-0.15, -0.1) is 0 Å². The zero-order valence-corrected chi connectivity index (χ0v) is 12.5. The minimum atomic E-state index is 0.0178. The molecule has 1 fully saturated rings. The van der Waals surface area contributed by atoms with E-state index in [-0.39, 0.29) is 11.2 Å². The van der Waals surface area contributed by atoms with Crippen molar-refractivity contribution >= 4 is 35.2 Å². The van der Waals surface area contributed by atoms with Crippen LogP contribution in [0.5, 0.6) is 0 Å². The van der Waals surface area contributed by atoms with Gasteiger partial charge in [-0.2, -0.15) is 15.0 Å². The molecule has 8 heteroatoms. The first kappa shape index (κ1) is 14.3. The van der Waals surface area contributed by atoms with Gasteiger partial charge in [-0.1, -0.05) is 11.8 Å². The van der Waals surface area contributed by atoms with E-state index < -0.39 is 0 Å². The van der Waals surface area contributed by atoms with Crippen LogP contribution in [0.3, 0.4) is 0 Å². The molecule has 0 saturated carbocycles. The first-order valence-electron chi connectivity index (χ1n) is 6.06. The molecule has 0 N–H and O–H groups in total. The third-order valence-electron chi connectivity index (χ3n) is 2.79. The van der Waals surface area contributed by atoms with E-state index >= 15 is 0 Å². The molecule has 2 heterocycles. The van der Waals surface area contributed by atoms with Gasteiger partial charge in [0.15, 0.2) is 5.16 Å². The summed E-state index contributed by atoms with van der Waals surface area (Å²) in [5.74, 6) is 0.925. The van der Waals surface area contributed by atoms with Crippen LogP contribution in [0.15, 0.2) is 5.16 Å². The lowest BCUT2D eigenvalue weighted by molar-refractivity contribution is -0.125. The summed E-state index contributed by atoms with van der Waals surface area (Å²) in [6.45, 7) is 1.89. The second-order valence-corrected chi connectivity index (χ2v) is 5.74. The van der Waals surface area contributed by atoms with E-state index in [1.807, 2.05) is 0 Å². The number of amides is 1. The molecule has 6 nitrogen and oxygen atoms in total. The van der Waals surface area contributed by atoms with Gasteiger partial charge >= 0.3 is 0 Å². The Morgan fingerprint density at radius 1 is 1.32 bits per heavy atom. The van der Waals surface area contributed by atoms with Crippen molar-refractivity contribution < 1.29 is 4.79 Å². The van der Waals surface area contributed by atoms with Crippen molar-refractivity contribution in [2.24, 2.45) is 0 Å². The van der Waals surface area contributed by atoms with Crippen LogP contribution in [0.25, 0.3) is 0 Å². The predicted molar refractivity (Wildman–Crippen MR) is 75.7 cm³/mol. The number of hydrogen-bond acceptors (Lipinski definition) is 6. The number of anilines is 1.